The first-order chi connectivity index (χ1) is 7.71. The van der Waals surface area contributed by atoms with Crippen molar-refractivity contribution in [3.05, 3.63) is 29.8 Å². The van der Waals surface area contributed by atoms with E-state index >= 15 is 0 Å². The minimum absolute atomic E-state index is 0.209. The Kier molecular flexibility index (Phi) is 1.88. The van der Waals surface area contributed by atoms with Gasteiger partial charge in [0.1, 0.15) is 6.04 Å². The number of carboxylic acids is 1. The summed E-state index contributed by atoms with van der Waals surface area (Å²) in [6.07, 6.45) is 2.48. The van der Waals surface area contributed by atoms with Gasteiger partial charge in [0.05, 0.1) is 5.69 Å². The lowest BCUT2D eigenvalue weighted by molar-refractivity contribution is -0.139. The molecule has 16 heavy (non-hydrogen) atoms. The fourth-order valence-electron chi connectivity index (χ4n) is 2.56. The van der Waals surface area contributed by atoms with Crippen molar-refractivity contribution in [1.29, 1.82) is 0 Å². The zero-order valence-corrected chi connectivity index (χ0v) is 8.68. The highest BCUT2D eigenvalue weighted by Gasteiger charge is 2.45. The molecule has 1 aromatic rings. The van der Waals surface area contributed by atoms with E-state index < -0.39 is 12.0 Å². The molecule has 0 amide bonds. The Hall–Kier alpha value is -1.68. The third-order valence-corrected chi connectivity index (χ3v) is 3.42. The van der Waals surface area contributed by atoms with Gasteiger partial charge >= 0.3 is 5.97 Å². The lowest BCUT2D eigenvalue weighted by atomic mass is 9.80. The van der Waals surface area contributed by atoms with Gasteiger partial charge < -0.3 is 10.4 Å². The summed E-state index contributed by atoms with van der Waals surface area (Å²) in [5.74, 6) is -0.783. The number of hydrogen-bond acceptors (Lipinski definition) is 3. The van der Waals surface area contributed by atoms with E-state index in [2.05, 4.69) is 10.3 Å². The molecule has 1 fully saturated rings. The quantitative estimate of drug-likeness (QED) is 0.738. The zero-order chi connectivity index (χ0) is 11.2. The topological polar surface area (TPSA) is 61.7 Å². The van der Waals surface area contributed by atoms with Crippen molar-refractivity contribution in [3.63, 3.8) is 0 Å². The molecule has 0 aromatic heterocycles. The van der Waals surface area contributed by atoms with Gasteiger partial charge in [-0.05, 0) is 18.1 Å². The molecule has 1 aromatic carbocycles. The number of carbonyl (C=O) groups is 1. The van der Waals surface area contributed by atoms with Gasteiger partial charge in [0.25, 0.3) is 0 Å². The Labute approximate surface area is 93.0 Å². The van der Waals surface area contributed by atoms with Gasteiger partial charge in [-0.25, -0.2) is 0 Å². The van der Waals surface area contributed by atoms with Crippen LogP contribution in [0, 0.1) is 0 Å². The molecule has 0 saturated carbocycles. The van der Waals surface area contributed by atoms with Gasteiger partial charge in [-0.15, -0.1) is 0 Å². The van der Waals surface area contributed by atoms with Gasteiger partial charge in [0, 0.05) is 18.2 Å². The van der Waals surface area contributed by atoms with E-state index in [-0.39, 0.29) is 5.41 Å². The molecule has 0 bridgehead atoms. The summed E-state index contributed by atoms with van der Waals surface area (Å²) in [5.41, 5.74) is 1.90. The Morgan fingerprint density at radius 1 is 1.50 bits per heavy atom. The third-order valence-electron chi connectivity index (χ3n) is 3.42. The minimum Gasteiger partial charge on any atom is -0.480 e. The number of aliphatic carboxylic acids is 1. The molecule has 4 heteroatoms. The van der Waals surface area contributed by atoms with E-state index in [1.54, 1.807) is 0 Å². The van der Waals surface area contributed by atoms with Crippen LogP contribution in [0.1, 0.15) is 12.0 Å². The Bertz CT molecular complexity index is 484. The van der Waals surface area contributed by atoms with Crippen molar-refractivity contribution < 1.29 is 9.90 Å². The Morgan fingerprint density at radius 3 is 3.06 bits per heavy atom. The van der Waals surface area contributed by atoms with E-state index in [1.165, 1.54) is 0 Å². The molecular formula is C12H12N2O2. The summed E-state index contributed by atoms with van der Waals surface area (Å²) < 4.78 is 0. The van der Waals surface area contributed by atoms with Crippen LogP contribution < -0.4 is 5.32 Å². The van der Waals surface area contributed by atoms with Crippen LogP contribution in [0.3, 0.4) is 0 Å². The van der Waals surface area contributed by atoms with Crippen molar-refractivity contribution in [3.8, 4) is 0 Å². The number of fused-ring (bicyclic) bond motifs is 2. The molecule has 0 radical (unpaired) electrons. The summed E-state index contributed by atoms with van der Waals surface area (Å²) in [5, 5.41) is 12.0. The molecule has 2 aliphatic heterocycles. The van der Waals surface area contributed by atoms with Crippen LogP contribution in [0.2, 0.25) is 0 Å². The third kappa shape index (κ3) is 1.20. The van der Waals surface area contributed by atoms with E-state index in [9.17, 15) is 4.79 Å². The highest BCUT2D eigenvalue weighted by atomic mass is 16.4. The van der Waals surface area contributed by atoms with E-state index in [0.29, 0.717) is 13.0 Å². The molecule has 2 unspecified atom stereocenters. The second kappa shape index (κ2) is 3.15. The maximum absolute atomic E-state index is 10.9. The van der Waals surface area contributed by atoms with Crippen LogP contribution in [0.4, 0.5) is 5.69 Å². The molecule has 1 spiro atoms. The van der Waals surface area contributed by atoms with Crippen molar-refractivity contribution in [2.45, 2.75) is 17.9 Å². The second-order valence-electron chi connectivity index (χ2n) is 4.41. The second-order valence-corrected chi connectivity index (χ2v) is 4.41. The summed E-state index contributed by atoms with van der Waals surface area (Å²) in [7, 11) is 0. The van der Waals surface area contributed by atoms with Gasteiger partial charge in [-0.1, -0.05) is 18.2 Å². The predicted octanol–water partition coefficient (Wildman–Crippen LogP) is 1.09. The summed E-state index contributed by atoms with van der Waals surface area (Å²) in [4.78, 5) is 15.3. The standard InChI is InChI=1S/C12H12N2O2/c15-11(16)10-5-12(7-14-10)6-13-9-4-2-1-3-8(9)12/h1-4,6,10,14H,5,7H2,(H,15,16). The number of hydrogen-bond donors (Lipinski definition) is 2. The average Bonchev–Trinajstić information content (AvgIpc) is 2.87. The van der Waals surface area contributed by atoms with Crippen molar-refractivity contribution in [2.24, 2.45) is 4.99 Å². The average molecular weight is 216 g/mol. The molecule has 4 nitrogen and oxygen atoms in total. The fraction of sp³-hybridized carbons (Fsp3) is 0.333. The predicted molar refractivity (Wildman–Crippen MR) is 60.3 cm³/mol. The van der Waals surface area contributed by atoms with Crippen molar-refractivity contribution in [1.82, 2.24) is 5.32 Å². The maximum atomic E-state index is 10.9. The van der Waals surface area contributed by atoms with Crippen LogP contribution in [-0.2, 0) is 10.2 Å². The molecule has 82 valence electrons. The highest BCUT2D eigenvalue weighted by Crippen LogP contribution is 2.41. The largest absolute Gasteiger partial charge is 0.480 e. The SMILES string of the molecule is O=C(O)C1CC2(C=Nc3ccccc32)CN1. The lowest BCUT2D eigenvalue weighted by Crippen LogP contribution is -2.30. The molecule has 1 saturated heterocycles. The van der Waals surface area contributed by atoms with Gasteiger partial charge in [0.15, 0.2) is 0 Å². The van der Waals surface area contributed by atoms with E-state index in [1.807, 2.05) is 30.5 Å². The van der Waals surface area contributed by atoms with Gasteiger partial charge in [0.2, 0.25) is 0 Å². The molecule has 0 aliphatic carbocycles. The monoisotopic (exact) mass is 216 g/mol. The first-order valence-electron chi connectivity index (χ1n) is 5.32. The fourth-order valence-corrected chi connectivity index (χ4v) is 2.56. The molecule has 2 aliphatic rings. The van der Waals surface area contributed by atoms with Crippen LogP contribution >= 0.6 is 0 Å². The first-order valence-corrected chi connectivity index (χ1v) is 5.32. The molecule has 2 N–H and O–H groups in total. The van der Waals surface area contributed by atoms with E-state index in [4.69, 9.17) is 5.11 Å². The number of benzene rings is 1. The molecule has 3 rings (SSSR count). The van der Waals surface area contributed by atoms with E-state index in [0.717, 1.165) is 11.3 Å². The zero-order valence-electron chi connectivity index (χ0n) is 8.68. The number of para-hydroxylation sites is 1. The summed E-state index contributed by atoms with van der Waals surface area (Å²) in [6, 6.07) is 7.47. The first kappa shape index (κ1) is 9.54. The molecule has 2 atom stereocenters. The normalized spacial score (nSPS) is 30.9. The van der Waals surface area contributed by atoms with Crippen LogP contribution in [0.15, 0.2) is 29.3 Å². The number of carboxylic acid groups (broad SMARTS) is 1. The van der Waals surface area contributed by atoms with Gasteiger partial charge in [-0.3, -0.25) is 9.79 Å². The number of rotatable bonds is 1. The summed E-state index contributed by atoms with van der Waals surface area (Å²) in [6.45, 7) is 0.657. The smallest absolute Gasteiger partial charge is 0.320 e. The van der Waals surface area contributed by atoms with Crippen molar-refractivity contribution >= 4 is 17.9 Å². The van der Waals surface area contributed by atoms with Crippen molar-refractivity contribution in [2.75, 3.05) is 6.54 Å². The molecular weight excluding hydrogens is 204 g/mol. The number of nitrogens with one attached hydrogen (secondary N) is 1. The highest BCUT2D eigenvalue weighted by molar-refractivity contribution is 5.88. The number of nitrogens with zero attached hydrogens (tertiary/aromatic N) is 1. The Morgan fingerprint density at radius 2 is 2.31 bits per heavy atom. The van der Waals surface area contributed by atoms with Crippen LogP contribution in [0.5, 0.6) is 0 Å². The maximum Gasteiger partial charge on any atom is 0.320 e. The number of aliphatic imine (C=N–C) groups is 1. The summed E-state index contributed by atoms with van der Waals surface area (Å²) >= 11 is 0. The van der Waals surface area contributed by atoms with Crippen LogP contribution in [0.25, 0.3) is 0 Å². The Balaban J connectivity index is 1.99. The molecule has 2 heterocycles. The van der Waals surface area contributed by atoms with Crippen LogP contribution in [-0.4, -0.2) is 29.9 Å². The lowest BCUT2D eigenvalue weighted by Gasteiger charge is -2.19. The minimum atomic E-state index is -0.783. The van der Waals surface area contributed by atoms with Gasteiger partial charge in [-0.2, -0.15) is 0 Å².